The standard InChI is InChI=1S/C21H21N3O3/c1-12-4-5-13(2)17(8-12)23-21(26)15-9-20(25)24(11-15)16-6-7-19-18(10-16)22-14(3)27-19/h4-8,10,15H,9,11H2,1-3H3,(H,23,26). The van der Waals surface area contributed by atoms with E-state index < -0.39 is 0 Å². The summed E-state index contributed by atoms with van der Waals surface area (Å²) in [6.45, 7) is 6.08. The number of oxazole rings is 1. The molecule has 0 saturated carbocycles. The molecule has 2 aromatic carbocycles. The molecule has 0 aliphatic carbocycles. The quantitative estimate of drug-likeness (QED) is 0.769. The maximum atomic E-state index is 12.7. The predicted octanol–water partition coefficient (Wildman–Crippen LogP) is 3.74. The van der Waals surface area contributed by atoms with Crippen molar-refractivity contribution in [2.45, 2.75) is 27.2 Å². The van der Waals surface area contributed by atoms with Gasteiger partial charge in [0.25, 0.3) is 0 Å². The van der Waals surface area contributed by atoms with E-state index in [1.54, 1.807) is 17.9 Å². The lowest BCUT2D eigenvalue weighted by Gasteiger charge is -2.17. The van der Waals surface area contributed by atoms with Gasteiger partial charge in [-0.3, -0.25) is 9.59 Å². The first-order valence-electron chi connectivity index (χ1n) is 8.96. The first-order chi connectivity index (χ1) is 12.9. The molecule has 4 rings (SSSR count). The lowest BCUT2D eigenvalue weighted by Crippen LogP contribution is -2.28. The molecule has 1 saturated heterocycles. The monoisotopic (exact) mass is 363 g/mol. The third-order valence-electron chi connectivity index (χ3n) is 4.94. The second-order valence-electron chi connectivity index (χ2n) is 7.10. The molecule has 0 radical (unpaired) electrons. The van der Waals surface area contributed by atoms with Gasteiger partial charge in [0.15, 0.2) is 11.5 Å². The number of aryl methyl sites for hydroxylation is 3. The van der Waals surface area contributed by atoms with Crippen molar-refractivity contribution in [1.29, 1.82) is 0 Å². The van der Waals surface area contributed by atoms with Crippen LogP contribution in [0.3, 0.4) is 0 Å². The number of carbonyl (C=O) groups is 2. The highest BCUT2D eigenvalue weighted by Crippen LogP contribution is 2.29. The van der Waals surface area contributed by atoms with Crippen molar-refractivity contribution < 1.29 is 14.0 Å². The van der Waals surface area contributed by atoms with E-state index in [9.17, 15) is 9.59 Å². The van der Waals surface area contributed by atoms with Gasteiger partial charge in [-0.1, -0.05) is 12.1 Å². The van der Waals surface area contributed by atoms with E-state index in [0.717, 1.165) is 22.5 Å². The zero-order valence-electron chi connectivity index (χ0n) is 15.6. The summed E-state index contributed by atoms with van der Waals surface area (Å²) in [7, 11) is 0. The molecule has 1 N–H and O–H groups in total. The molecule has 1 fully saturated rings. The third kappa shape index (κ3) is 3.30. The van der Waals surface area contributed by atoms with E-state index in [2.05, 4.69) is 10.3 Å². The summed E-state index contributed by atoms with van der Waals surface area (Å²) >= 11 is 0. The molecular weight excluding hydrogens is 342 g/mol. The van der Waals surface area contributed by atoms with Crippen LogP contribution in [0.5, 0.6) is 0 Å². The molecule has 6 heteroatoms. The maximum Gasteiger partial charge on any atom is 0.229 e. The van der Waals surface area contributed by atoms with Crippen LogP contribution >= 0.6 is 0 Å². The number of nitrogens with zero attached hydrogens (tertiary/aromatic N) is 2. The molecule has 1 aromatic heterocycles. The zero-order chi connectivity index (χ0) is 19.1. The largest absolute Gasteiger partial charge is 0.441 e. The van der Waals surface area contributed by atoms with E-state index >= 15 is 0 Å². The number of amides is 2. The number of rotatable bonds is 3. The summed E-state index contributed by atoms with van der Waals surface area (Å²) in [5.41, 5.74) is 5.01. The van der Waals surface area contributed by atoms with Crippen LogP contribution < -0.4 is 10.2 Å². The van der Waals surface area contributed by atoms with Crippen molar-refractivity contribution in [3.63, 3.8) is 0 Å². The summed E-state index contributed by atoms with van der Waals surface area (Å²) in [4.78, 5) is 31.2. The van der Waals surface area contributed by atoms with Crippen molar-refractivity contribution >= 4 is 34.3 Å². The van der Waals surface area contributed by atoms with Gasteiger partial charge in [0.2, 0.25) is 11.8 Å². The number of hydrogen-bond acceptors (Lipinski definition) is 4. The summed E-state index contributed by atoms with van der Waals surface area (Å²) < 4.78 is 5.48. The summed E-state index contributed by atoms with van der Waals surface area (Å²) in [6, 6.07) is 11.4. The van der Waals surface area contributed by atoms with Crippen LogP contribution in [0.1, 0.15) is 23.4 Å². The molecule has 0 spiro atoms. The highest BCUT2D eigenvalue weighted by molar-refractivity contribution is 6.04. The molecular formula is C21H21N3O3. The molecule has 6 nitrogen and oxygen atoms in total. The van der Waals surface area contributed by atoms with E-state index in [1.165, 1.54) is 0 Å². The summed E-state index contributed by atoms with van der Waals surface area (Å²) in [6.07, 6.45) is 0.201. The zero-order valence-corrected chi connectivity index (χ0v) is 15.6. The minimum absolute atomic E-state index is 0.0596. The average Bonchev–Trinajstić information content (AvgIpc) is 3.19. The first kappa shape index (κ1) is 17.3. The Balaban J connectivity index is 1.52. The van der Waals surface area contributed by atoms with E-state index in [1.807, 2.05) is 44.2 Å². The third-order valence-corrected chi connectivity index (χ3v) is 4.94. The molecule has 1 unspecified atom stereocenters. The molecule has 1 aliphatic heterocycles. The highest BCUT2D eigenvalue weighted by atomic mass is 16.3. The number of fused-ring (bicyclic) bond motifs is 1. The Bertz CT molecular complexity index is 1050. The fourth-order valence-electron chi connectivity index (χ4n) is 3.44. The normalized spacial score (nSPS) is 16.9. The van der Waals surface area contributed by atoms with Gasteiger partial charge in [-0.05, 0) is 49.2 Å². The smallest absolute Gasteiger partial charge is 0.229 e. The van der Waals surface area contributed by atoms with Gasteiger partial charge in [-0.15, -0.1) is 0 Å². The lowest BCUT2D eigenvalue weighted by molar-refractivity contribution is -0.122. The number of nitrogens with one attached hydrogen (secondary N) is 1. The topological polar surface area (TPSA) is 75.4 Å². The fraction of sp³-hybridized carbons (Fsp3) is 0.286. The van der Waals surface area contributed by atoms with E-state index in [-0.39, 0.29) is 24.2 Å². The van der Waals surface area contributed by atoms with Crippen molar-refractivity contribution in [3.05, 3.63) is 53.4 Å². The lowest BCUT2D eigenvalue weighted by atomic mass is 10.1. The number of benzene rings is 2. The Kier molecular flexibility index (Phi) is 4.18. The minimum atomic E-state index is -0.382. The van der Waals surface area contributed by atoms with Crippen molar-refractivity contribution in [2.75, 3.05) is 16.8 Å². The van der Waals surface area contributed by atoms with Crippen molar-refractivity contribution in [1.82, 2.24) is 4.98 Å². The van der Waals surface area contributed by atoms with E-state index in [0.29, 0.717) is 23.5 Å². The summed E-state index contributed by atoms with van der Waals surface area (Å²) in [5.74, 6) is 0.0152. The predicted molar refractivity (Wildman–Crippen MR) is 104 cm³/mol. The summed E-state index contributed by atoms with van der Waals surface area (Å²) in [5, 5.41) is 2.97. The fourth-order valence-corrected chi connectivity index (χ4v) is 3.44. The Morgan fingerprint density at radius 1 is 1.19 bits per heavy atom. The van der Waals surface area contributed by atoms with E-state index in [4.69, 9.17) is 4.42 Å². The van der Waals surface area contributed by atoms with Gasteiger partial charge in [-0.25, -0.2) is 4.98 Å². The molecule has 2 heterocycles. The highest BCUT2D eigenvalue weighted by Gasteiger charge is 2.35. The van der Waals surface area contributed by atoms with Crippen LogP contribution in [0.4, 0.5) is 11.4 Å². The molecule has 0 bridgehead atoms. The molecule has 2 amide bonds. The number of hydrogen-bond donors (Lipinski definition) is 1. The Hall–Kier alpha value is -3.15. The van der Waals surface area contributed by atoms with Gasteiger partial charge in [0.05, 0.1) is 5.92 Å². The van der Waals surface area contributed by atoms with Crippen LogP contribution in [0.25, 0.3) is 11.1 Å². The molecule has 27 heavy (non-hydrogen) atoms. The number of carbonyl (C=O) groups excluding carboxylic acids is 2. The van der Waals surface area contributed by atoms with Crippen molar-refractivity contribution in [2.24, 2.45) is 5.92 Å². The van der Waals surface area contributed by atoms with Gasteiger partial charge >= 0.3 is 0 Å². The molecule has 138 valence electrons. The van der Waals surface area contributed by atoms with Crippen LogP contribution in [0.15, 0.2) is 40.8 Å². The van der Waals surface area contributed by atoms with Crippen molar-refractivity contribution in [3.8, 4) is 0 Å². The van der Waals surface area contributed by atoms with Gasteiger partial charge in [0.1, 0.15) is 5.52 Å². The van der Waals surface area contributed by atoms with Crippen LogP contribution in [-0.4, -0.2) is 23.3 Å². The molecule has 1 atom stereocenters. The minimum Gasteiger partial charge on any atom is -0.441 e. The molecule has 3 aromatic rings. The first-order valence-corrected chi connectivity index (χ1v) is 8.96. The van der Waals surface area contributed by atoms with Gasteiger partial charge in [0, 0.05) is 31.3 Å². The second-order valence-corrected chi connectivity index (χ2v) is 7.10. The molecule has 1 aliphatic rings. The SMILES string of the molecule is Cc1ccc(C)c(NC(=O)C2CC(=O)N(c3ccc4oc(C)nc4c3)C2)c1. The average molecular weight is 363 g/mol. The maximum absolute atomic E-state index is 12.7. The Morgan fingerprint density at radius 3 is 2.81 bits per heavy atom. The second kappa shape index (κ2) is 6.54. The van der Waals surface area contributed by atoms with Gasteiger partial charge < -0.3 is 14.6 Å². The van der Waals surface area contributed by atoms with Crippen LogP contribution in [0.2, 0.25) is 0 Å². The Labute approximate surface area is 157 Å². The van der Waals surface area contributed by atoms with Gasteiger partial charge in [-0.2, -0.15) is 0 Å². The Morgan fingerprint density at radius 2 is 2.00 bits per heavy atom. The van der Waals surface area contributed by atoms with Crippen LogP contribution in [-0.2, 0) is 9.59 Å². The number of anilines is 2. The van der Waals surface area contributed by atoms with Crippen LogP contribution in [0, 0.1) is 26.7 Å². The number of aromatic nitrogens is 1.